The van der Waals surface area contributed by atoms with Gasteiger partial charge in [0.25, 0.3) is 0 Å². The van der Waals surface area contributed by atoms with Crippen LogP contribution in [0.1, 0.15) is 37.6 Å². The fourth-order valence-electron chi connectivity index (χ4n) is 3.17. The molecule has 1 N–H and O–H groups in total. The third-order valence-electron chi connectivity index (χ3n) is 4.81. The Morgan fingerprint density at radius 1 is 1.26 bits per heavy atom. The molecule has 168 valence electrons. The standard InChI is InChI=1S/C21H29N5O4S/c1-21(2,3)30-20(27)23-12-15-6-8-17(9-7-15)25(4)19-22-13-16-14-26(31(5,28)29)11-10-18(16)24-19/h6-9,13H,10-12,14H2,1-5H3,(H,23,27). The van der Waals surface area contributed by atoms with Crippen LogP contribution in [0.4, 0.5) is 16.4 Å². The Morgan fingerprint density at radius 3 is 2.55 bits per heavy atom. The van der Waals surface area contributed by atoms with Crippen molar-refractivity contribution in [3.05, 3.63) is 47.3 Å². The molecule has 1 amide bonds. The van der Waals surface area contributed by atoms with Crippen LogP contribution in [0.5, 0.6) is 0 Å². The van der Waals surface area contributed by atoms with Gasteiger partial charge in [-0.1, -0.05) is 12.1 Å². The first-order valence-corrected chi connectivity index (χ1v) is 11.9. The molecule has 1 aromatic heterocycles. The molecule has 1 aromatic carbocycles. The summed E-state index contributed by atoms with van der Waals surface area (Å²) >= 11 is 0. The fraction of sp³-hybridized carbons (Fsp3) is 0.476. The van der Waals surface area contributed by atoms with Gasteiger partial charge in [-0.05, 0) is 38.5 Å². The van der Waals surface area contributed by atoms with Crippen molar-refractivity contribution in [2.45, 2.75) is 45.9 Å². The molecule has 3 rings (SSSR count). The van der Waals surface area contributed by atoms with E-state index in [-0.39, 0.29) is 0 Å². The van der Waals surface area contributed by atoms with Gasteiger partial charge in [0, 0.05) is 50.6 Å². The minimum atomic E-state index is -3.23. The summed E-state index contributed by atoms with van der Waals surface area (Å²) < 4.78 is 30.2. The summed E-state index contributed by atoms with van der Waals surface area (Å²) in [5.74, 6) is 0.547. The van der Waals surface area contributed by atoms with Crippen molar-refractivity contribution < 1.29 is 17.9 Å². The highest BCUT2D eigenvalue weighted by atomic mass is 32.2. The van der Waals surface area contributed by atoms with E-state index in [1.54, 1.807) is 6.20 Å². The monoisotopic (exact) mass is 447 g/mol. The van der Waals surface area contributed by atoms with E-state index in [0.717, 1.165) is 22.5 Å². The molecule has 1 aliphatic rings. The summed E-state index contributed by atoms with van der Waals surface area (Å²) in [5.41, 5.74) is 3.01. The molecule has 0 unspecified atom stereocenters. The van der Waals surface area contributed by atoms with Crippen molar-refractivity contribution in [3.8, 4) is 0 Å². The first-order chi connectivity index (χ1) is 14.4. The number of rotatable bonds is 5. The van der Waals surface area contributed by atoms with Gasteiger partial charge in [0.15, 0.2) is 0 Å². The van der Waals surface area contributed by atoms with E-state index in [1.807, 2.05) is 57.0 Å². The minimum absolute atomic E-state index is 0.303. The first-order valence-electron chi connectivity index (χ1n) is 10.0. The molecule has 2 heterocycles. The Bertz CT molecular complexity index is 1050. The number of alkyl carbamates (subject to hydrolysis) is 1. The maximum atomic E-state index is 11.8. The zero-order valence-corrected chi connectivity index (χ0v) is 19.4. The lowest BCUT2D eigenvalue weighted by atomic mass is 10.1. The highest BCUT2D eigenvalue weighted by molar-refractivity contribution is 7.88. The molecule has 0 spiro atoms. The lowest BCUT2D eigenvalue weighted by Gasteiger charge is -2.27. The van der Waals surface area contributed by atoms with Crippen LogP contribution in [0.3, 0.4) is 0 Å². The lowest BCUT2D eigenvalue weighted by molar-refractivity contribution is 0.0523. The molecule has 2 aromatic rings. The van der Waals surface area contributed by atoms with Crippen LogP contribution in [0.15, 0.2) is 30.5 Å². The second kappa shape index (κ2) is 8.80. The number of benzene rings is 1. The number of ether oxygens (including phenoxy) is 1. The minimum Gasteiger partial charge on any atom is -0.444 e. The normalized spacial score (nSPS) is 14.6. The van der Waals surface area contributed by atoms with E-state index >= 15 is 0 Å². The molecule has 0 saturated carbocycles. The maximum absolute atomic E-state index is 11.8. The molecule has 0 bridgehead atoms. The number of hydrogen-bond acceptors (Lipinski definition) is 7. The molecule has 31 heavy (non-hydrogen) atoms. The van der Waals surface area contributed by atoms with Crippen LogP contribution in [0.2, 0.25) is 0 Å². The van der Waals surface area contributed by atoms with Gasteiger partial charge in [0.05, 0.1) is 11.9 Å². The smallest absolute Gasteiger partial charge is 0.407 e. The van der Waals surface area contributed by atoms with Crippen molar-refractivity contribution in [3.63, 3.8) is 0 Å². The van der Waals surface area contributed by atoms with E-state index in [0.29, 0.717) is 32.0 Å². The number of nitrogens with zero attached hydrogens (tertiary/aromatic N) is 4. The third-order valence-corrected chi connectivity index (χ3v) is 6.06. The number of carbonyl (C=O) groups is 1. The van der Waals surface area contributed by atoms with Gasteiger partial charge in [0.1, 0.15) is 5.60 Å². The summed E-state index contributed by atoms with van der Waals surface area (Å²) in [6.45, 7) is 6.55. The van der Waals surface area contributed by atoms with Crippen LogP contribution in [-0.4, -0.2) is 54.2 Å². The third kappa shape index (κ3) is 6.14. The Hall–Kier alpha value is -2.72. The molecule has 10 heteroatoms. The van der Waals surface area contributed by atoms with Crippen LogP contribution in [-0.2, 0) is 34.3 Å². The van der Waals surface area contributed by atoms with Gasteiger partial charge in [-0.2, -0.15) is 4.31 Å². The molecule has 0 aliphatic carbocycles. The van der Waals surface area contributed by atoms with Crippen LogP contribution in [0, 0.1) is 0 Å². The van der Waals surface area contributed by atoms with Crippen molar-refractivity contribution in [2.24, 2.45) is 0 Å². The van der Waals surface area contributed by atoms with Crippen molar-refractivity contribution >= 4 is 27.8 Å². The number of carbonyl (C=O) groups excluding carboxylic acids is 1. The van der Waals surface area contributed by atoms with Crippen molar-refractivity contribution in [2.75, 3.05) is 24.7 Å². The summed E-state index contributed by atoms with van der Waals surface area (Å²) in [7, 11) is -1.35. The van der Waals surface area contributed by atoms with Crippen LogP contribution < -0.4 is 10.2 Å². The van der Waals surface area contributed by atoms with Crippen molar-refractivity contribution in [1.82, 2.24) is 19.6 Å². The van der Waals surface area contributed by atoms with Gasteiger partial charge in [0.2, 0.25) is 16.0 Å². The van der Waals surface area contributed by atoms with Gasteiger partial charge in [-0.25, -0.2) is 23.2 Å². The number of aromatic nitrogens is 2. The number of anilines is 2. The highest BCUT2D eigenvalue weighted by Crippen LogP contribution is 2.24. The maximum Gasteiger partial charge on any atom is 0.407 e. The van der Waals surface area contributed by atoms with Crippen molar-refractivity contribution in [1.29, 1.82) is 0 Å². The second-order valence-electron chi connectivity index (χ2n) is 8.57. The average Bonchev–Trinajstić information content (AvgIpc) is 2.69. The van der Waals surface area contributed by atoms with Gasteiger partial charge in [-0.3, -0.25) is 0 Å². The Labute approximate surface area is 183 Å². The molecule has 1 aliphatic heterocycles. The second-order valence-corrected chi connectivity index (χ2v) is 10.6. The summed E-state index contributed by atoms with van der Waals surface area (Å²) in [5, 5.41) is 2.74. The predicted molar refractivity (Wildman–Crippen MR) is 119 cm³/mol. The van der Waals surface area contributed by atoms with Crippen LogP contribution in [0.25, 0.3) is 0 Å². The highest BCUT2D eigenvalue weighted by Gasteiger charge is 2.25. The zero-order valence-electron chi connectivity index (χ0n) is 18.5. The topological polar surface area (TPSA) is 105 Å². The van der Waals surface area contributed by atoms with E-state index in [4.69, 9.17) is 4.74 Å². The number of nitrogens with one attached hydrogen (secondary N) is 1. The Morgan fingerprint density at radius 2 is 1.94 bits per heavy atom. The number of hydrogen-bond donors (Lipinski definition) is 1. The molecular weight excluding hydrogens is 418 g/mol. The fourth-order valence-corrected chi connectivity index (χ4v) is 3.96. The molecule has 0 radical (unpaired) electrons. The Kier molecular flexibility index (Phi) is 6.51. The van der Waals surface area contributed by atoms with E-state index in [1.165, 1.54) is 10.6 Å². The lowest BCUT2D eigenvalue weighted by Crippen LogP contribution is -2.35. The summed E-state index contributed by atoms with van der Waals surface area (Å²) in [4.78, 5) is 22.7. The predicted octanol–water partition coefficient (Wildman–Crippen LogP) is 2.59. The summed E-state index contributed by atoms with van der Waals surface area (Å²) in [6.07, 6.45) is 3.02. The van der Waals surface area contributed by atoms with E-state index in [9.17, 15) is 13.2 Å². The quantitative estimate of drug-likeness (QED) is 0.751. The van der Waals surface area contributed by atoms with Gasteiger partial charge >= 0.3 is 6.09 Å². The first kappa shape index (κ1) is 23.0. The largest absolute Gasteiger partial charge is 0.444 e. The van der Waals surface area contributed by atoms with E-state index in [2.05, 4.69) is 15.3 Å². The number of amides is 1. The number of fused-ring (bicyclic) bond motifs is 1. The molecule has 0 saturated heterocycles. The Balaban J connectivity index is 1.64. The zero-order chi connectivity index (χ0) is 22.8. The average molecular weight is 448 g/mol. The molecule has 0 atom stereocenters. The summed E-state index contributed by atoms with van der Waals surface area (Å²) in [6, 6.07) is 7.71. The molecule has 0 fully saturated rings. The van der Waals surface area contributed by atoms with Gasteiger partial charge < -0.3 is 15.0 Å². The van der Waals surface area contributed by atoms with Gasteiger partial charge in [-0.15, -0.1) is 0 Å². The SMILES string of the molecule is CN(c1ccc(CNC(=O)OC(C)(C)C)cc1)c1ncc2c(n1)CCN(S(C)(=O)=O)C2. The van der Waals surface area contributed by atoms with E-state index < -0.39 is 21.7 Å². The molecule has 9 nitrogen and oxygen atoms in total. The number of sulfonamides is 1. The van der Waals surface area contributed by atoms with Crippen LogP contribution >= 0.6 is 0 Å². The molecular formula is C21H29N5O4S.